The van der Waals surface area contributed by atoms with E-state index >= 15 is 0 Å². The molecule has 2 aromatic rings. The molecule has 0 amide bonds. The van der Waals surface area contributed by atoms with E-state index in [-0.39, 0.29) is 0 Å². The van der Waals surface area contributed by atoms with Crippen LogP contribution in [0, 0.1) is 0 Å². The number of nitrogens with one attached hydrogen (secondary N) is 1. The van der Waals surface area contributed by atoms with Crippen LogP contribution in [0.25, 0.3) is 0 Å². The zero-order chi connectivity index (χ0) is 14.5. The lowest BCUT2D eigenvalue weighted by atomic mass is 10.0. The second-order valence-corrected chi connectivity index (χ2v) is 6.35. The predicted molar refractivity (Wildman–Crippen MR) is 86.9 cm³/mol. The molecule has 0 saturated carbocycles. The number of aromatic nitrogens is 1. The van der Waals surface area contributed by atoms with E-state index in [9.17, 15) is 0 Å². The maximum Gasteiger partial charge on any atom is 0.0983 e. The van der Waals surface area contributed by atoms with Gasteiger partial charge in [-0.25, -0.2) is 4.98 Å². The first-order valence-electron chi connectivity index (χ1n) is 7.67. The number of benzene rings is 1. The number of thiazole rings is 1. The van der Waals surface area contributed by atoms with Gasteiger partial charge < -0.3 is 10.1 Å². The summed E-state index contributed by atoms with van der Waals surface area (Å²) in [5.74, 6) is 0.512. The maximum atomic E-state index is 5.46. The summed E-state index contributed by atoms with van der Waals surface area (Å²) in [6, 6.07) is 11.0. The molecule has 1 aliphatic heterocycles. The van der Waals surface area contributed by atoms with E-state index in [4.69, 9.17) is 9.72 Å². The highest BCUT2D eigenvalue weighted by molar-refractivity contribution is 7.09. The van der Waals surface area contributed by atoms with Crippen LogP contribution in [0.2, 0.25) is 0 Å². The van der Waals surface area contributed by atoms with Crippen LogP contribution in [0.15, 0.2) is 35.7 Å². The lowest BCUT2D eigenvalue weighted by molar-refractivity contribution is 0.194. The molecule has 1 aromatic heterocycles. The van der Waals surface area contributed by atoms with Gasteiger partial charge in [-0.05, 0) is 18.5 Å². The largest absolute Gasteiger partial charge is 0.381 e. The third-order valence-corrected chi connectivity index (χ3v) is 4.97. The van der Waals surface area contributed by atoms with E-state index in [0.29, 0.717) is 12.0 Å². The fraction of sp³-hybridized carbons (Fsp3) is 0.471. The highest BCUT2D eigenvalue weighted by Crippen LogP contribution is 2.29. The van der Waals surface area contributed by atoms with E-state index in [2.05, 4.69) is 48.0 Å². The van der Waals surface area contributed by atoms with Crippen LogP contribution in [-0.2, 0) is 11.2 Å². The topological polar surface area (TPSA) is 34.1 Å². The van der Waals surface area contributed by atoms with Crippen LogP contribution in [0.5, 0.6) is 0 Å². The van der Waals surface area contributed by atoms with Gasteiger partial charge in [-0.3, -0.25) is 0 Å². The Bertz CT molecular complexity index is 549. The van der Waals surface area contributed by atoms with Crippen LogP contribution in [0.4, 0.5) is 0 Å². The highest BCUT2D eigenvalue weighted by atomic mass is 32.1. The normalized spacial score (nSPS) is 19.8. The van der Waals surface area contributed by atoms with Crippen molar-refractivity contribution in [3.8, 4) is 0 Å². The van der Waals surface area contributed by atoms with Crippen molar-refractivity contribution in [1.82, 2.24) is 10.3 Å². The van der Waals surface area contributed by atoms with Crippen LogP contribution in [0.3, 0.4) is 0 Å². The first kappa shape index (κ1) is 14.7. The Balaban J connectivity index is 1.71. The summed E-state index contributed by atoms with van der Waals surface area (Å²) < 4.78 is 5.46. The molecule has 0 aliphatic carbocycles. The Morgan fingerprint density at radius 2 is 2.24 bits per heavy atom. The molecule has 3 nitrogen and oxygen atoms in total. The summed E-state index contributed by atoms with van der Waals surface area (Å²) in [6.07, 6.45) is 2.06. The third-order valence-electron chi connectivity index (χ3n) is 3.91. The highest BCUT2D eigenvalue weighted by Gasteiger charge is 2.21. The Morgan fingerprint density at radius 1 is 1.38 bits per heavy atom. The summed E-state index contributed by atoms with van der Waals surface area (Å²) in [6.45, 7) is 4.83. The van der Waals surface area contributed by atoms with E-state index in [1.807, 2.05) is 0 Å². The number of hydrogen-bond donors (Lipinski definition) is 1. The molecule has 1 saturated heterocycles. The molecule has 0 spiro atoms. The summed E-state index contributed by atoms with van der Waals surface area (Å²) in [5.41, 5.74) is 2.52. The monoisotopic (exact) mass is 302 g/mol. The quantitative estimate of drug-likeness (QED) is 0.886. The molecule has 0 radical (unpaired) electrons. The van der Waals surface area contributed by atoms with Crippen molar-refractivity contribution in [2.45, 2.75) is 31.7 Å². The standard InChI is InChI=1S/C17H22N2OS/c1-2-18-16(13-6-4-3-5-7-13)10-15-12-21-17(19-15)14-8-9-20-11-14/h3-7,12,14,16,18H,2,8-11H2,1H3. The summed E-state index contributed by atoms with van der Waals surface area (Å²) in [5, 5.41) is 7.02. The van der Waals surface area contributed by atoms with Crippen LogP contribution >= 0.6 is 11.3 Å². The summed E-state index contributed by atoms with van der Waals surface area (Å²) in [4.78, 5) is 4.84. The van der Waals surface area contributed by atoms with Crippen molar-refractivity contribution in [3.63, 3.8) is 0 Å². The van der Waals surface area contributed by atoms with Gasteiger partial charge in [-0.1, -0.05) is 37.3 Å². The van der Waals surface area contributed by atoms with Gasteiger partial charge in [0.15, 0.2) is 0 Å². The molecule has 3 rings (SSSR count). The maximum absolute atomic E-state index is 5.46. The second-order valence-electron chi connectivity index (χ2n) is 5.46. The minimum Gasteiger partial charge on any atom is -0.381 e. The smallest absolute Gasteiger partial charge is 0.0983 e. The van der Waals surface area contributed by atoms with E-state index in [0.717, 1.165) is 32.6 Å². The summed E-state index contributed by atoms with van der Waals surface area (Å²) in [7, 11) is 0. The van der Waals surface area contributed by atoms with E-state index in [1.165, 1.54) is 16.3 Å². The fourth-order valence-electron chi connectivity index (χ4n) is 2.78. The van der Waals surface area contributed by atoms with E-state index in [1.54, 1.807) is 11.3 Å². The molecule has 1 fully saturated rings. The van der Waals surface area contributed by atoms with Gasteiger partial charge in [0.2, 0.25) is 0 Å². The molecule has 1 aliphatic rings. The minimum absolute atomic E-state index is 0.339. The van der Waals surface area contributed by atoms with Crippen molar-refractivity contribution < 1.29 is 4.74 Å². The van der Waals surface area contributed by atoms with Crippen molar-refractivity contribution in [2.24, 2.45) is 0 Å². The third kappa shape index (κ3) is 3.70. The number of rotatable bonds is 6. The first-order chi connectivity index (χ1) is 10.4. The van der Waals surface area contributed by atoms with Crippen LogP contribution < -0.4 is 5.32 Å². The average molecular weight is 302 g/mol. The van der Waals surface area contributed by atoms with Gasteiger partial charge in [0, 0.05) is 30.4 Å². The Labute approximate surface area is 130 Å². The SMILES string of the molecule is CCNC(Cc1csc(C2CCOC2)n1)c1ccccc1. The Morgan fingerprint density at radius 3 is 2.95 bits per heavy atom. The average Bonchev–Trinajstić information content (AvgIpc) is 3.19. The lowest BCUT2D eigenvalue weighted by Crippen LogP contribution is -2.23. The van der Waals surface area contributed by atoms with Gasteiger partial charge in [-0.15, -0.1) is 11.3 Å². The Kier molecular flexibility index (Phi) is 5.01. The van der Waals surface area contributed by atoms with Crippen molar-refractivity contribution in [3.05, 3.63) is 52.0 Å². The molecule has 2 unspecified atom stereocenters. The van der Waals surface area contributed by atoms with Crippen LogP contribution in [-0.4, -0.2) is 24.7 Å². The zero-order valence-corrected chi connectivity index (χ0v) is 13.2. The van der Waals surface area contributed by atoms with Gasteiger partial charge in [0.05, 0.1) is 17.3 Å². The van der Waals surface area contributed by atoms with Gasteiger partial charge in [0.25, 0.3) is 0 Å². The molecular formula is C17H22N2OS. The molecule has 0 bridgehead atoms. The van der Waals surface area contributed by atoms with E-state index < -0.39 is 0 Å². The molecule has 1 N–H and O–H groups in total. The first-order valence-corrected chi connectivity index (χ1v) is 8.55. The van der Waals surface area contributed by atoms with Crippen LogP contribution in [0.1, 0.15) is 41.6 Å². The van der Waals surface area contributed by atoms with Gasteiger partial charge in [0.1, 0.15) is 0 Å². The molecule has 2 atom stereocenters. The number of nitrogens with zero attached hydrogens (tertiary/aromatic N) is 1. The number of ether oxygens (including phenoxy) is 1. The predicted octanol–water partition coefficient (Wildman–Crippen LogP) is 3.54. The molecule has 21 heavy (non-hydrogen) atoms. The fourth-order valence-corrected chi connectivity index (χ4v) is 3.74. The second kappa shape index (κ2) is 7.16. The molecule has 112 valence electrons. The number of likely N-dealkylation sites (N-methyl/N-ethyl adjacent to an activating group) is 1. The van der Waals surface area contributed by atoms with Crippen molar-refractivity contribution >= 4 is 11.3 Å². The molecule has 1 aromatic carbocycles. The summed E-state index contributed by atoms with van der Waals surface area (Å²) >= 11 is 1.78. The van der Waals surface area contributed by atoms with Gasteiger partial charge >= 0.3 is 0 Å². The Hall–Kier alpha value is -1.23. The minimum atomic E-state index is 0.339. The molecular weight excluding hydrogens is 280 g/mol. The lowest BCUT2D eigenvalue weighted by Gasteiger charge is -2.17. The van der Waals surface area contributed by atoms with Crippen molar-refractivity contribution in [2.75, 3.05) is 19.8 Å². The molecule has 2 heterocycles. The number of hydrogen-bond acceptors (Lipinski definition) is 4. The zero-order valence-electron chi connectivity index (χ0n) is 12.4. The van der Waals surface area contributed by atoms with Gasteiger partial charge in [-0.2, -0.15) is 0 Å². The molecule has 4 heteroatoms. The van der Waals surface area contributed by atoms with Crippen molar-refractivity contribution in [1.29, 1.82) is 0 Å².